The zero-order chi connectivity index (χ0) is 13.1. The molecule has 1 atom stereocenters. The van der Waals surface area contributed by atoms with Crippen molar-refractivity contribution in [3.05, 3.63) is 0 Å². The average molecular weight is 244 g/mol. The number of hydrogen-bond donors (Lipinski definition) is 2. The second-order valence-corrected chi connectivity index (χ2v) is 4.06. The van der Waals surface area contributed by atoms with Crippen LogP contribution in [0, 0.1) is 0 Å². The van der Waals surface area contributed by atoms with Crippen molar-refractivity contribution < 1.29 is 14.3 Å². The molecule has 3 N–H and O–H groups in total. The van der Waals surface area contributed by atoms with Crippen LogP contribution in [0.4, 0.5) is 0 Å². The highest BCUT2D eigenvalue weighted by molar-refractivity contribution is 5.83. The van der Waals surface area contributed by atoms with E-state index >= 15 is 0 Å². The van der Waals surface area contributed by atoms with Crippen molar-refractivity contribution in [1.29, 1.82) is 0 Å². The van der Waals surface area contributed by atoms with E-state index in [9.17, 15) is 9.59 Å². The average Bonchev–Trinajstić information content (AvgIpc) is 2.27. The van der Waals surface area contributed by atoms with Gasteiger partial charge in [-0.2, -0.15) is 0 Å². The summed E-state index contributed by atoms with van der Waals surface area (Å²) in [6.45, 7) is 4.44. The third-order valence-electron chi connectivity index (χ3n) is 2.35. The van der Waals surface area contributed by atoms with Gasteiger partial charge in [-0.3, -0.25) is 4.79 Å². The van der Waals surface area contributed by atoms with Crippen LogP contribution in [0.25, 0.3) is 0 Å². The van der Waals surface area contributed by atoms with Gasteiger partial charge in [0, 0.05) is 6.92 Å². The fourth-order valence-electron chi connectivity index (χ4n) is 1.40. The van der Waals surface area contributed by atoms with Crippen LogP contribution in [-0.2, 0) is 14.3 Å². The number of nitrogens with two attached hydrogens (primary N) is 1. The van der Waals surface area contributed by atoms with Gasteiger partial charge in [-0.05, 0) is 32.2 Å². The first kappa shape index (κ1) is 15.9. The summed E-state index contributed by atoms with van der Waals surface area (Å²) in [7, 11) is 0. The van der Waals surface area contributed by atoms with Gasteiger partial charge in [-0.25, -0.2) is 4.79 Å². The van der Waals surface area contributed by atoms with Crippen LogP contribution in [-0.4, -0.2) is 31.1 Å². The second kappa shape index (κ2) is 10.1. The van der Waals surface area contributed by atoms with E-state index in [1.807, 2.05) is 6.92 Å². The number of esters is 1. The van der Waals surface area contributed by atoms with E-state index < -0.39 is 6.04 Å². The summed E-state index contributed by atoms with van der Waals surface area (Å²) in [6, 6.07) is -0.532. The Morgan fingerprint density at radius 2 is 2.00 bits per heavy atom. The zero-order valence-corrected chi connectivity index (χ0v) is 10.8. The predicted octanol–water partition coefficient (Wildman–Crippen LogP) is 0.963. The van der Waals surface area contributed by atoms with E-state index in [0.29, 0.717) is 19.6 Å². The minimum absolute atomic E-state index is 0.213. The molecule has 0 aliphatic carbocycles. The molecule has 5 heteroatoms. The number of carbonyl (C=O) groups excluding carboxylic acids is 2. The quantitative estimate of drug-likeness (QED) is 0.467. The molecule has 5 nitrogen and oxygen atoms in total. The maximum absolute atomic E-state index is 11.7. The standard InChI is InChI=1S/C12H24N2O3/c1-3-4-9-17-12(16)11(14-10(2)15)7-5-6-8-13/h11H,3-9,13H2,1-2H3,(H,14,15). The van der Waals surface area contributed by atoms with E-state index in [-0.39, 0.29) is 11.9 Å². The lowest BCUT2D eigenvalue weighted by molar-refractivity contribution is -0.148. The molecule has 100 valence electrons. The maximum Gasteiger partial charge on any atom is 0.328 e. The van der Waals surface area contributed by atoms with E-state index in [2.05, 4.69) is 5.32 Å². The molecule has 0 spiro atoms. The monoisotopic (exact) mass is 244 g/mol. The molecule has 0 aromatic carbocycles. The van der Waals surface area contributed by atoms with Gasteiger partial charge < -0.3 is 15.8 Å². The Bertz CT molecular complexity index is 232. The summed E-state index contributed by atoms with van der Waals surface area (Å²) < 4.78 is 5.09. The molecule has 0 aliphatic heterocycles. The number of rotatable bonds is 9. The van der Waals surface area contributed by atoms with E-state index in [1.165, 1.54) is 6.92 Å². The predicted molar refractivity (Wildman–Crippen MR) is 66.4 cm³/mol. The molecule has 0 saturated carbocycles. The van der Waals surface area contributed by atoms with Gasteiger partial charge in [-0.15, -0.1) is 0 Å². The summed E-state index contributed by atoms with van der Waals surface area (Å²) in [6.07, 6.45) is 4.07. The first-order chi connectivity index (χ1) is 8.11. The van der Waals surface area contributed by atoms with Crippen molar-refractivity contribution in [3.8, 4) is 0 Å². The van der Waals surface area contributed by atoms with Gasteiger partial charge in [0.05, 0.1) is 6.61 Å². The summed E-state index contributed by atoms with van der Waals surface area (Å²) >= 11 is 0. The molecule has 0 rings (SSSR count). The Hall–Kier alpha value is -1.10. The minimum atomic E-state index is -0.532. The van der Waals surface area contributed by atoms with Crippen molar-refractivity contribution in [2.45, 2.75) is 52.0 Å². The first-order valence-corrected chi connectivity index (χ1v) is 6.25. The van der Waals surface area contributed by atoms with Crippen LogP contribution >= 0.6 is 0 Å². The Morgan fingerprint density at radius 3 is 2.53 bits per heavy atom. The third-order valence-corrected chi connectivity index (χ3v) is 2.35. The topological polar surface area (TPSA) is 81.4 Å². The highest BCUT2D eigenvalue weighted by Gasteiger charge is 2.20. The van der Waals surface area contributed by atoms with Gasteiger partial charge >= 0.3 is 5.97 Å². The highest BCUT2D eigenvalue weighted by Crippen LogP contribution is 2.03. The van der Waals surface area contributed by atoms with Crippen molar-refractivity contribution in [1.82, 2.24) is 5.32 Å². The lowest BCUT2D eigenvalue weighted by Crippen LogP contribution is -2.40. The molecular formula is C12H24N2O3. The minimum Gasteiger partial charge on any atom is -0.464 e. The largest absolute Gasteiger partial charge is 0.464 e. The van der Waals surface area contributed by atoms with Gasteiger partial charge in [0.2, 0.25) is 5.91 Å². The molecule has 17 heavy (non-hydrogen) atoms. The molecule has 1 amide bonds. The molecule has 1 unspecified atom stereocenters. The molecule has 0 heterocycles. The maximum atomic E-state index is 11.7. The van der Waals surface area contributed by atoms with Crippen molar-refractivity contribution in [2.24, 2.45) is 5.73 Å². The Kier molecular flexibility index (Phi) is 9.43. The van der Waals surface area contributed by atoms with Crippen LogP contribution in [0.2, 0.25) is 0 Å². The smallest absolute Gasteiger partial charge is 0.328 e. The Labute approximate surface area is 103 Å². The van der Waals surface area contributed by atoms with E-state index in [1.54, 1.807) is 0 Å². The molecule has 0 bridgehead atoms. The molecule has 0 aromatic heterocycles. The van der Waals surface area contributed by atoms with Gasteiger partial charge in [0.25, 0.3) is 0 Å². The van der Waals surface area contributed by atoms with Gasteiger partial charge in [0.15, 0.2) is 0 Å². The Balaban J connectivity index is 4.05. The number of ether oxygens (including phenoxy) is 1. The SMILES string of the molecule is CCCCOC(=O)C(CCCCN)NC(C)=O. The molecule has 0 saturated heterocycles. The van der Waals surface area contributed by atoms with Crippen LogP contribution in [0.15, 0.2) is 0 Å². The van der Waals surface area contributed by atoms with E-state index in [4.69, 9.17) is 10.5 Å². The fourth-order valence-corrected chi connectivity index (χ4v) is 1.40. The lowest BCUT2D eigenvalue weighted by Gasteiger charge is -2.16. The van der Waals surface area contributed by atoms with Gasteiger partial charge in [0.1, 0.15) is 6.04 Å². The fraction of sp³-hybridized carbons (Fsp3) is 0.833. The number of hydrogen-bond acceptors (Lipinski definition) is 4. The summed E-state index contributed by atoms with van der Waals surface area (Å²) in [5.74, 6) is -0.555. The molecule has 0 fully saturated rings. The number of unbranched alkanes of at least 4 members (excludes halogenated alkanes) is 2. The van der Waals surface area contributed by atoms with Crippen molar-refractivity contribution >= 4 is 11.9 Å². The summed E-state index contributed by atoms with van der Waals surface area (Å²) in [5, 5.41) is 2.61. The lowest BCUT2D eigenvalue weighted by atomic mass is 10.1. The van der Waals surface area contributed by atoms with Crippen LogP contribution < -0.4 is 11.1 Å². The molecule has 0 aromatic rings. The summed E-state index contributed by atoms with van der Waals surface area (Å²) in [4.78, 5) is 22.7. The molecule has 0 radical (unpaired) electrons. The van der Waals surface area contributed by atoms with Crippen molar-refractivity contribution in [3.63, 3.8) is 0 Å². The normalized spacial score (nSPS) is 11.9. The second-order valence-electron chi connectivity index (χ2n) is 4.06. The number of carbonyl (C=O) groups is 2. The van der Waals surface area contributed by atoms with E-state index in [0.717, 1.165) is 25.7 Å². The number of amides is 1. The summed E-state index contributed by atoms with van der Waals surface area (Å²) in [5.41, 5.74) is 5.39. The zero-order valence-electron chi connectivity index (χ0n) is 10.8. The molecular weight excluding hydrogens is 220 g/mol. The highest BCUT2D eigenvalue weighted by atomic mass is 16.5. The van der Waals surface area contributed by atoms with Crippen LogP contribution in [0.5, 0.6) is 0 Å². The Morgan fingerprint density at radius 1 is 1.29 bits per heavy atom. The van der Waals surface area contributed by atoms with Gasteiger partial charge in [-0.1, -0.05) is 13.3 Å². The third kappa shape index (κ3) is 8.68. The van der Waals surface area contributed by atoms with Crippen LogP contribution in [0.1, 0.15) is 46.0 Å². The number of nitrogens with one attached hydrogen (secondary N) is 1. The molecule has 0 aliphatic rings. The first-order valence-electron chi connectivity index (χ1n) is 6.25. The van der Waals surface area contributed by atoms with Crippen molar-refractivity contribution in [2.75, 3.05) is 13.2 Å². The van der Waals surface area contributed by atoms with Crippen LogP contribution in [0.3, 0.4) is 0 Å².